The van der Waals surface area contributed by atoms with Gasteiger partial charge in [-0.25, -0.2) is 0 Å². The molecule has 0 bridgehead atoms. The van der Waals surface area contributed by atoms with Crippen molar-refractivity contribution in [3.05, 3.63) is 39.7 Å². The highest BCUT2D eigenvalue weighted by atomic mass is 19.1. The van der Waals surface area contributed by atoms with Gasteiger partial charge in [0.1, 0.15) is 0 Å². The first kappa shape index (κ1) is 13.9. The van der Waals surface area contributed by atoms with E-state index in [4.69, 9.17) is 10.5 Å². The molecule has 104 valence electrons. The molecule has 0 amide bonds. The fourth-order valence-electron chi connectivity index (χ4n) is 2.50. The number of nitrogens with two attached hydrogens (primary N) is 1. The summed E-state index contributed by atoms with van der Waals surface area (Å²) < 4.78 is 18.9. The van der Waals surface area contributed by atoms with Crippen LogP contribution in [0.15, 0.2) is 18.2 Å². The van der Waals surface area contributed by atoms with Crippen LogP contribution in [-0.4, -0.2) is 24.7 Å². The molecule has 0 aliphatic carbocycles. The second-order valence-corrected chi connectivity index (χ2v) is 5.04. The number of nitro benzene ring substituents is 1. The molecule has 5 nitrogen and oxygen atoms in total. The van der Waals surface area contributed by atoms with Crippen LogP contribution in [-0.2, 0) is 11.2 Å². The number of hydrogen-bond donors (Lipinski definition) is 1. The number of hydrogen-bond acceptors (Lipinski definition) is 4. The van der Waals surface area contributed by atoms with E-state index in [-0.39, 0.29) is 5.41 Å². The fourth-order valence-corrected chi connectivity index (χ4v) is 2.50. The van der Waals surface area contributed by atoms with Gasteiger partial charge in [-0.15, -0.1) is 0 Å². The summed E-state index contributed by atoms with van der Waals surface area (Å²) in [6.45, 7) is 1.83. The fraction of sp³-hybridized carbons (Fsp3) is 0.538. The Morgan fingerprint density at radius 3 is 2.63 bits per heavy atom. The van der Waals surface area contributed by atoms with Gasteiger partial charge in [0, 0.05) is 19.3 Å². The normalized spacial score (nSPS) is 18.2. The molecule has 1 saturated heterocycles. The van der Waals surface area contributed by atoms with Gasteiger partial charge in [0.2, 0.25) is 5.82 Å². The van der Waals surface area contributed by atoms with E-state index in [1.807, 2.05) is 0 Å². The Labute approximate surface area is 110 Å². The largest absolute Gasteiger partial charge is 0.381 e. The SMILES string of the molecule is NCC1(Cc2ccc([N+](=O)[O-])c(F)c2)CCOCC1. The van der Waals surface area contributed by atoms with E-state index in [0.29, 0.717) is 26.2 Å². The van der Waals surface area contributed by atoms with Crippen LogP contribution in [0.5, 0.6) is 0 Å². The van der Waals surface area contributed by atoms with E-state index in [2.05, 4.69) is 0 Å². The highest BCUT2D eigenvalue weighted by molar-refractivity contribution is 5.35. The molecule has 0 unspecified atom stereocenters. The quantitative estimate of drug-likeness (QED) is 0.669. The lowest BCUT2D eigenvalue weighted by Crippen LogP contribution is -2.38. The number of rotatable bonds is 4. The third kappa shape index (κ3) is 3.08. The predicted octanol–water partition coefficient (Wildman–Crippen LogP) is 2.03. The van der Waals surface area contributed by atoms with Crippen molar-refractivity contribution in [3.63, 3.8) is 0 Å². The third-order valence-corrected chi connectivity index (χ3v) is 3.77. The van der Waals surface area contributed by atoms with Crippen molar-refractivity contribution in [3.8, 4) is 0 Å². The van der Waals surface area contributed by atoms with Gasteiger partial charge < -0.3 is 10.5 Å². The third-order valence-electron chi connectivity index (χ3n) is 3.77. The number of ether oxygens (including phenoxy) is 1. The minimum Gasteiger partial charge on any atom is -0.381 e. The number of benzene rings is 1. The van der Waals surface area contributed by atoms with Crippen molar-refractivity contribution in [1.29, 1.82) is 0 Å². The van der Waals surface area contributed by atoms with Gasteiger partial charge >= 0.3 is 5.69 Å². The Morgan fingerprint density at radius 2 is 2.11 bits per heavy atom. The van der Waals surface area contributed by atoms with E-state index < -0.39 is 16.4 Å². The Bertz CT molecular complexity index is 473. The predicted molar refractivity (Wildman–Crippen MR) is 68.3 cm³/mol. The topological polar surface area (TPSA) is 78.4 Å². The van der Waals surface area contributed by atoms with Crippen molar-refractivity contribution < 1.29 is 14.1 Å². The summed E-state index contributed by atoms with van der Waals surface area (Å²) in [6.07, 6.45) is 2.30. The Balaban J connectivity index is 2.18. The summed E-state index contributed by atoms with van der Waals surface area (Å²) in [5.74, 6) is -0.790. The minimum absolute atomic E-state index is 0.0825. The van der Waals surface area contributed by atoms with Crippen molar-refractivity contribution in [1.82, 2.24) is 0 Å². The number of nitrogens with zero attached hydrogens (tertiary/aromatic N) is 1. The van der Waals surface area contributed by atoms with E-state index in [9.17, 15) is 14.5 Å². The number of nitro groups is 1. The molecule has 6 heteroatoms. The Morgan fingerprint density at radius 1 is 1.42 bits per heavy atom. The molecule has 1 aliphatic rings. The van der Waals surface area contributed by atoms with Crippen molar-refractivity contribution in [2.75, 3.05) is 19.8 Å². The first-order valence-electron chi connectivity index (χ1n) is 6.27. The molecule has 0 atom stereocenters. The van der Waals surface area contributed by atoms with Crippen LogP contribution >= 0.6 is 0 Å². The van der Waals surface area contributed by atoms with Crippen LogP contribution in [0.3, 0.4) is 0 Å². The van der Waals surface area contributed by atoms with Crippen LogP contribution in [0, 0.1) is 21.3 Å². The van der Waals surface area contributed by atoms with Crippen LogP contribution in [0.2, 0.25) is 0 Å². The monoisotopic (exact) mass is 268 g/mol. The molecule has 2 rings (SSSR count). The van der Waals surface area contributed by atoms with Crippen molar-refractivity contribution >= 4 is 5.69 Å². The molecule has 2 N–H and O–H groups in total. The summed E-state index contributed by atoms with van der Waals surface area (Å²) in [4.78, 5) is 9.86. The zero-order valence-corrected chi connectivity index (χ0v) is 10.6. The van der Waals surface area contributed by atoms with E-state index in [1.165, 1.54) is 12.1 Å². The molecule has 1 aromatic carbocycles. The molecular weight excluding hydrogens is 251 g/mol. The molecular formula is C13H17FN2O3. The molecule has 1 aliphatic heterocycles. The molecule has 1 heterocycles. The van der Waals surface area contributed by atoms with Gasteiger partial charge in [0.05, 0.1) is 4.92 Å². The van der Waals surface area contributed by atoms with Gasteiger partial charge in [-0.05, 0) is 42.9 Å². The first-order chi connectivity index (χ1) is 9.06. The van der Waals surface area contributed by atoms with Crippen molar-refractivity contribution in [2.24, 2.45) is 11.1 Å². The Kier molecular flexibility index (Phi) is 4.11. The molecule has 0 aromatic heterocycles. The summed E-state index contributed by atoms with van der Waals surface area (Å²) >= 11 is 0. The van der Waals surface area contributed by atoms with Crippen molar-refractivity contribution in [2.45, 2.75) is 19.3 Å². The average Bonchev–Trinajstić information content (AvgIpc) is 2.39. The molecule has 0 spiro atoms. The lowest BCUT2D eigenvalue weighted by atomic mass is 9.75. The summed E-state index contributed by atoms with van der Waals surface area (Å²) in [5, 5.41) is 10.6. The average molecular weight is 268 g/mol. The van der Waals surface area contributed by atoms with E-state index >= 15 is 0 Å². The lowest BCUT2D eigenvalue weighted by Gasteiger charge is -2.36. The van der Waals surface area contributed by atoms with Gasteiger partial charge in [-0.2, -0.15) is 4.39 Å². The zero-order chi connectivity index (χ0) is 13.9. The minimum atomic E-state index is -0.790. The Hall–Kier alpha value is -1.53. The standard InChI is InChI=1S/C13H17FN2O3/c14-11-7-10(1-2-12(11)16(17)18)8-13(9-15)3-5-19-6-4-13/h1-2,7H,3-6,8-9,15H2. The maximum atomic E-state index is 13.6. The van der Waals surface area contributed by atoms with Crippen LogP contribution in [0.1, 0.15) is 18.4 Å². The van der Waals surface area contributed by atoms with E-state index in [0.717, 1.165) is 18.4 Å². The lowest BCUT2D eigenvalue weighted by molar-refractivity contribution is -0.387. The van der Waals surface area contributed by atoms with Crippen LogP contribution in [0.25, 0.3) is 0 Å². The molecule has 0 saturated carbocycles. The summed E-state index contributed by atoms with van der Waals surface area (Å²) in [7, 11) is 0. The molecule has 1 aromatic rings. The van der Waals surface area contributed by atoms with E-state index in [1.54, 1.807) is 6.07 Å². The molecule has 19 heavy (non-hydrogen) atoms. The van der Waals surface area contributed by atoms with Crippen LogP contribution in [0.4, 0.5) is 10.1 Å². The maximum Gasteiger partial charge on any atom is 0.304 e. The number of halogens is 1. The van der Waals surface area contributed by atoms with Gasteiger partial charge in [-0.3, -0.25) is 10.1 Å². The zero-order valence-electron chi connectivity index (χ0n) is 10.6. The summed E-state index contributed by atoms with van der Waals surface area (Å²) in [5.41, 5.74) is 6.02. The second-order valence-electron chi connectivity index (χ2n) is 5.04. The maximum absolute atomic E-state index is 13.6. The highest BCUT2D eigenvalue weighted by Gasteiger charge is 2.31. The summed E-state index contributed by atoms with van der Waals surface area (Å²) in [6, 6.07) is 4.06. The highest BCUT2D eigenvalue weighted by Crippen LogP contribution is 2.34. The molecule has 1 fully saturated rings. The van der Waals surface area contributed by atoms with Gasteiger partial charge in [0.25, 0.3) is 0 Å². The van der Waals surface area contributed by atoms with Gasteiger partial charge in [-0.1, -0.05) is 6.07 Å². The van der Waals surface area contributed by atoms with Crippen LogP contribution < -0.4 is 5.73 Å². The second kappa shape index (κ2) is 5.63. The smallest absolute Gasteiger partial charge is 0.304 e. The van der Waals surface area contributed by atoms with Gasteiger partial charge in [0.15, 0.2) is 0 Å². The first-order valence-corrected chi connectivity index (χ1v) is 6.27. The molecule has 0 radical (unpaired) electrons.